The molecule has 0 saturated carbocycles. The quantitative estimate of drug-likeness (QED) is 0.691. The summed E-state index contributed by atoms with van der Waals surface area (Å²) in [7, 11) is 0. The SMILES string of the molecule is CC(OCCCC1CCCCN1C(=O)OC(C)(C)C)c1ccco1. The molecule has 2 heterocycles. The number of hydrogen-bond acceptors (Lipinski definition) is 4. The van der Waals surface area contributed by atoms with Crippen molar-refractivity contribution in [3.63, 3.8) is 0 Å². The lowest BCUT2D eigenvalue weighted by Crippen LogP contribution is -2.46. The zero-order valence-electron chi connectivity index (χ0n) is 15.4. The first-order valence-electron chi connectivity index (χ1n) is 9.01. The fourth-order valence-corrected chi connectivity index (χ4v) is 3.05. The Morgan fingerprint density at radius 3 is 2.88 bits per heavy atom. The number of nitrogens with zero attached hydrogens (tertiary/aromatic N) is 1. The highest BCUT2D eigenvalue weighted by molar-refractivity contribution is 5.68. The van der Waals surface area contributed by atoms with Crippen molar-refractivity contribution in [1.82, 2.24) is 4.90 Å². The van der Waals surface area contributed by atoms with E-state index in [1.54, 1.807) is 6.26 Å². The predicted octanol–water partition coefficient (Wildman–Crippen LogP) is 4.93. The van der Waals surface area contributed by atoms with Crippen molar-refractivity contribution in [3.05, 3.63) is 24.2 Å². The molecular formula is C19H31NO4. The van der Waals surface area contributed by atoms with Crippen LogP contribution in [0, 0.1) is 0 Å². The molecule has 0 N–H and O–H groups in total. The minimum absolute atomic E-state index is 0.0340. The topological polar surface area (TPSA) is 51.9 Å². The first-order valence-corrected chi connectivity index (χ1v) is 9.01. The average molecular weight is 337 g/mol. The van der Waals surface area contributed by atoms with Crippen molar-refractivity contribution in [1.29, 1.82) is 0 Å². The van der Waals surface area contributed by atoms with Crippen LogP contribution in [0.2, 0.25) is 0 Å². The van der Waals surface area contributed by atoms with Gasteiger partial charge in [0.2, 0.25) is 0 Å². The van der Waals surface area contributed by atoms with Crippen LogP contribution in [-0.4, -0.2) is 35.8 Å². The molecule has 136 valence electrons. The van der Waals surface area contributed by atoms with Gasteiger partial charge >= 0.3 is 6.09 Å². The number of likely N-dealkylation sites (tertiary alicyclic amines) is 1. The summed E-state index contributed by atoms with van der Waals surface area (Å²) in [5, 5.41) is 0. The van der Waals surface area contributed by atoms with Crippen molar-refractivity contribution in [2.75, 3.05) is 13.2 Å². The summed E-state index contributed by atoms with van der Waals surface area (Å²) in [6.45, 7) is 9.19. The van der Waals surface area contributed by atoms with Crippen LogP contribution in [0.15, 0.2) is 22.8 Å². The molecule has 0 radical (unpaired) electrons. The van der Waals surface area contributed by atoms with Crippen LogP contribution in [0.3, 0.4) is 0 Å². The van der Waals surface area contributed by atoms with Gasteiger partial charge in [0.25, 0.3) is 0 Å². The Morgan fingerprint density at radius 2 is 2.21 bits per heavy atom. The zero-order chi connectivity index (χ0) is 17.6. The number of carbonyl (C=O) groups excluding carboxylic acids is 1. The minimum Gasteiger partial charge on any atom is -0.467 e. The summed E-state index contributed by atoms with van der Waals surface area (Å²) in [4.78, 5) is 14.3. The highest BCUT2D eigenvalue weighted by Crippen LogP contribution is 2.24. The maximum Gasteiger partial charge on any atom is 0.410 e. The fraction of sp³-hybridized carbons (Fsp3) is 0.737. The number of hydrogen-bond donors (Lipinski definition) is 0. The Bertz CT molecular complexity index is 492. The standard InChI is InChI=1S/C19H31NO4/c1-15(17-11-8-14-23-17)22-13-7-10-16-9-5-6-12-20(16)18(21)24-19(2,3)4/h8,11,14-16H,5-7,9-10,12-13H2,1-4H3. The van der Waals surface area contributed by atoms with Gasteiger partial charge in [-0.3, -0.25) is 0 Å². The molecule has 2 rings (SSSR count). The van der Waals surface area contributed by atoms with E-state index in [9.17, 15) is 4.79 Å². The summed E-state index contributed by atoms with van der Waals surface area (Å²) < 4.78 is 16.7. The van der Waals surface area contributed by atoms with Gasteiger partial charge in [0.1, 0.15) is 17.5 Å². The van der Waals surface area contributed by atoms with Gasteiger partial charge in [0.05, 0.1) is 6.26 Å². The summed E-state index contributed by atoms with van der Waals surface area (Å²) in [5.41, 5.74) is -0.444. The van der Waals surface area contributed by atoms with Crippen molar-refractivity contribution in [2.45, 2.75) is 77.5 Å². The van der Waals surface area contributed by atoms with E-state index in [-0.39, 0.29) is 18.2 Å². The number of ether oxygens (including phenoxy) is 2. The summed E-state index contributed by atoms with van der Waals surface area (Å²) in [6.07, 6.45) is 6.60. The second-order valence-corrected chi connectivity index (χ2v) is 7.49. The Labute approximate surface area is 145 Å². The van der Waals surface area contributed by atoms with Crippen molar-refractivity contribution in [3.8, 4) is 0 Å². The monoisotopic (exact) mass is 337 g/mol. The van der Waals surface area contributed by atoms with E-state index in [2.05, 4.69) is 0 Å². The molecule has 2 unspecified atom stereocenters. The molecule has 24 heavy (non-hydrogen) atoms. The minimum atomic E-state index is -0.444. The van der Waals surface area contributed by atoms with Crippen LogP contribution in [0.25, 0.3) is 0 Å². The van der Waals surface area contributed by atoms with Crippen LogP contribution in [0.5, 0.6) is 0 Å². The van der Waals surface area contributed by atoms with Crippen molar-refractivity contribution in [2.24, 2.45) is 0 Å². The van der Waals surface area contributed by atoms with E-state index in [1.807, 2.05) is 44.7 Å². The Kier molecular flexibility index (Phi) is 6.72. The van der Waals surface area contributed by atoms with Gasteiger partial charge in [-0.15, -0.1) is 0 Å². The van der Waals surface area contributed by atoms with Crippen LogP contribution < -0.4 is 0 Å². The van der Waals surface area contributed by atoms with Crippen LogP contribution in [0.1, 0.15) is 71.7 Å². The summed E-state index contributed by atoms with van der Waals surface area (Å²) in [6, 6.07) is 4.06. The van der Waals surface area contributed by atoms with Gasteiger partial charge in [-0.05, 0) is 71.9 Å². The molecule has 5 nitrogen and oxygen atoms in total. The van der Waals surface area contributed by atoms with E-state index in [1.165, 1.54) is 6.42 Å². The third-order valence-corrected chi connectivity index (χ3v) is 4.25. The second-order valence-electron chi connectivity index (χ2n) is 7.49. The summed E-state index contributed by atoms with van der Waals surface area (Å²) in [5.74, 6) is 0.850. The van der Waals surface area contributed by atoms with Gasteiger partial charge in [-0.1, -0.05) is 0 Å². The molecule has 1 fully saturated rings. The van der Waals surface area contributed by atoms with Crippen molar-refractivity contribution >= 4 is 6.09 Å². The van der Waals surface area contributed by atoms with E-state index in [4.69, 9.17) is 13.9 Å². The van der Waals surface area contributed by atoms with E-state index >= 15 is 0 Å². The van der Waals surface area contributed by atoms with E-state index in [0.29, 0.717) is 6.61 Å². The smallest absolute Gasteiger partial charge is 0.410 e. The van der Waals surface area contributed by atoms with E-state index < -0.39 is 5.60 Å². The lowest BCUT2D eigenvalue weighted by molar-refractivity contribution is 0.00521. The van der Waals surface area contributed by atoms with Gasteiger partial charge < -0.3 is 18.8 Å². The van der Waals surface area contributed by atoms with E-state index in [0.717, 1.165) is 38.0 Å². The molecule has 0 spiro atoms. The van der Waals surface area contributed by atoms with Crippen LogP contribution >= 0.6 is 0 Å². The molecule has 1 aliphatic rings. The Morgan fingerprint density at radius 1 is 1.42 bits per heavy atom. The normalized spacial score (nSPS) is 20.0. The highest BCUT2D eigenvalue weighted by Gasteiger charge is 2.30. The molecule has 1 aliphatic heterocycles. The first-order chi connectivity index (χ1) is 11.4. The predicted molar refractivity (Wildman–Crippen MR) is 92.9 cm³/mol. The maximum absolute atomic E-state index is 12.4. The third-order valence-electron chi connectivity index (χ3n) is 4.25. The molecular weight excluding hydrogens is 306 g/mol. The number of amides is 1. The van der Waals surface area contributed by atoms with Crippen LogP contribution in [0.4, 0.5) is 4.79 Å². The largest absolute Gasteiger partial charge is 0.467 e. The number of rotatable bonds is 6. The van der Waals surface area contributed by atoms with Gasteiger partial charge in [0, 0.05) is 19.2 Å². The number of carbonyl (C=O) groups is 1. The third kappa shape index (κ3) is 5.86. The lowest BCUT2D eigenvalue weighted by atomic mass is 9.98. The molecule has 2 atom stereocenters. The lowest BCUT2D eigenvalue weighted by Gasteiger charge is -2.36. The number of piperidine rings is 1. The van der Waals surface area contributed by atoms with Crippen molar-refractivity contribution < 1.29 is 18.7 Å². The van der Waals surface area contributed by atoms with Gasteiger partial charge in [-0.25, -0.2) is 4.79 Å². The van der Waals surface area contributed by atoms with Crippen LogP contribution in [-0.2, 0) is 9.47 Å². The molecule has 1 aromatic rings. The fourth-order valence-electron chi connectivity index (χ4n) is 3.05. The highest BCUT2D eigenvalue weighted by atomic mass is 16.6. The molecule has 1 saturated heterocycles. The molecule has 0 aliphatic carbocycles. The average Bonchev–Trinajstić information content (AvgIpc) is 3.04. The zero-order valence-corrected chi connectivity index (χ0v) is 15.4. The summed E-state index contributed by atoms with van der Waals surface area (Å²) >= 11 is 0. The Hall–Kier alpha value is -1.49. The molecule has 0 bridgehead atoms. The second kappa shape index (κ2) is 8.56. The molecule has 1 aromatic heterocycles. The maximum atomic E-state index is 12.4. The molecule has 1 amide bonds. The number of furan rings is 1. The Balaban J connectivity index is 1.75. The van der Waals surface area contributed by atoms with Gasteiger partial charge in [-0.2, -0.15) is 0 Å². The molecule has 0 aromatic carbocycles. The van der Waals surface area contributed by atoms with Gasteiger partial charge in [0.15, 0.2) is 0 Å². The first kappa shape index (κ1) is 18.8. The molecule has 5 heteroatoms.